The van der Waals surface area contributed by atoms with Crippen LogP contribution in [-0.4, -0.2) is 27.0 Å². The molecule has 2 rings (SSSR count). The molecule has 1 N–H and O–H groups in total. The van der Waals surface area contributed by atoms with Gasteiger partial charge in [-0.15, -0.1) is 0 Å². The van der Waals surface area contributed by atoms with Crippen molar-refractivity contribution in [2.75, 3.05) is 7.05 Å². The normalized spacial score (nSPS) is 11.1. The highest BCUT2D eigenvalue weighted by atomic mass is 16.5. The minimum absolute atomic E-state index is 0.549. The Labute approximate surface area is 100 Å². The first-order chi connectivity index (χ1) is 8.11. The summed E-state index contributed by atoms with van der Waals surface area (Å²) in [5, 5.41) is 11.5. The zero-order valence-electron chi connectivity index (χ0n) is 10.6. The standard InChI is InChI=1S/C11H17N5O/c1-7-10(5-12-4)8(2)16(14-7)6-11-13-9(3)17-15-11/h12H,5-6H2,1-4H3. The van der Waals surface area contributed by atoms with Gasteiger partial charge in [0.2, 0.25) is 5.89 Å². The Morgan fingerprint density at radius 3 is 2.65 bits per heavy atom. The summed E-state index contributed by atoms with van der Waals surface area (Å²) in [5.74, 6) is 1.24. The van der Waals surface area contributed by atoms with E-state index in [9.17, 15) is 0 Å². The van der Waals surface area contributed by atoms with E-state index < -0.39 is 0 Å². The molecule has 0 aromatic carbocycles. The Bertz CT molecular complexity index is 514. The van der Waals surface area contributed by atoms with Crippen molar-refractivity contribution in [1.82, 2.24) is 25.2 Å². The quantitative estimate of drug-likeness (QED) is 0.854. The third kappa shape index (κ3) is 2.36. The van der Waals surface area contributed by atoms with Gasteiger partial charge in [0.25, 0.3) is 0 Å². The van der Waals surface area contributed by atoms with Gasteiger partial charge in [-0.05, 0) is 20.9 Å². The minimum atomic E-state index is 0.549. The van der Waals surface area contributed by atoms with Crippen molar-refractivity contribution in [2.24, 2.45) is 0 Å². The van der Waals surface area contributed by atoms with E-state index in [0.717, 1.165) is 17.9 Å². The Kier molecular flexibility index (Phi) is 3.23. The summed E-state index contributed by atoms with van der Waals surface area (Å²) >= 11 is 0. The van der Waals surface area contributed by atoms with Gasteiger partial charge in [-0.1, -0.05) is 5.16 Å². The highest BCUT2D eigenvalue weighted by molar-refractivity contribution is 5.24. The molecule has 2 aromatic heterocycles. The second-order valence-corrected chi connectivity index (χ2v) is 4.07. The van der Waals surface area contributed by atoms with Crippen LogP contribution in [-0.2, 0) is 13.1 Å². The fourth-order valence-electron chi connectivity index (χ4n) is 1.86. The van der Waals surface area contributed by atoms with Crippen LogP contribution in [0.15, 0.2) is 4.52 Å². The van der Waals surface area contributed by atoms with Crippen molar-refractivity contribution in [3.63, 3.8) is 0 Å². The highest BCUT2D eigenvalue weighted by Crippen LogP contribution is 2.13. The summed E-state index contributed by atoms with van der Waals surface area (Å²) in [6.45, 7) is 7.22. The van der Waals surface area contributed by atoms with Crippen molar-refractivity contribution in [2.45, 2.75) is 33.9 Å². The number of aryl methyl sites for hydroxylation is 2. The van der Waals surface area contributed by atoms with Gasteiger partial charge in [-0.25, -0.2) is 0 Å². The molecule has 0 amide bonds. The van der Waals surface area contributed by atoms with Crippen LogP contribution < -0.4 is 5.32 Å². The molecule has 6 heteroatoms. The lowest BCUT2D eigenvalue weighted by Crippen LogP contribution is -2.09. The van der Waals surface area contributed by atoms with Crippen molar-refractivity contribution < 1.29 is 4.52 Å². The van der Waals surface area contributed by atoms with Crippen LogP contribution in [0.3, 0.4) is 0 Å². The molecule has 0 fully saturated rings. The Morgan fingerprint density at radius 1 is 1.29 bits per heavy atom. The van der Waals surface area contributed by atoms with Gasteiger partial charge in [0.05, 0.1) is 5.69 Å². The summed E-state index contributed by atoms with van der Waals surface area (Å²) in [6.07, 6.45) is 0. The topological polar surface area (TPSA) is 68.8 Å². The fraction of sp³-hybridized carbons (Fsp3) is 0.545. The maximum atomic E-state index is 4.95. The summed E-state index contributed by atoms with van der Waals surface area (Å²) in [5.41, 5.74) is 3.41. The second kappa shape index (κ2) is 4.67. The first-order valence-electron chi connectivity index (χ1n) is 5.58. The predicted octanol–water partition coefficient (Wildman–Crippen LogP) is 0.959. The van der Waals surface area contributed by atoms with E-state index in [1.165, 1.54) is 5.56 Å². The molecule has 6 nitrogen and oxygen atoms in total. The van der Waals surface area contributed by atoms with Gasteiger partial charge in [0, 0.05) is 24.7 Å². The van der Waals surface area contributed by atoms with Crippen LogP contribution in [0.5, 0.6) is 0 Å². The Balaban J connectivity index is 2.24. The molecule has 0 saturated heterocycles. The van der Waals surface area contributed by atoms with E-state index in [1.54, 1.807) is 6.92 Å². The van der Waals surface area contributed by atoms with Crippen LogP contribution in [0.25, 0.3) is 0 Å². The number of nitrogens with one attached hydrogen (secondary N) is 1. The summed E-state index contributed by atoms with van der Waals surface area (Å²) in [4.78, 5) is 4.18. The SMILES string of the molecule is CNCc1c(C)nn(Cc2noc(C)n2)c1C. The summed E-state index contributed by atoms with van der Waals surface area (Å²) in [7, 11) is 1.93. The van der Waals surface area contributed by atoms with Gasteiger partial charge in [0.15, 0.2) is 5.82 Å². The third-order valence-electron chi connectivity index (χ3n) is 2.75. The maximum Gasteiger partial charge on any atom is 0.223 e. The number of nitrogens with zero attached hydrogens (tertiary/aromatic N) is 4. The number of rotatable bonds is 4. The number of hydrogen-bond donors (Lipinski definition) is 1. The molecule has 17 heavy (non-hydrogen) atoms. The lowest BCUT2D eigenvalue weighted by Gasteiger charge is -2.02. The number of aromatic nitrogens is 4. The molecule has 0 aliphatic heterocycles. The van der Waals surface area contributed by atoms with Crippen molar-refractivity contribution in [1.29, 1.82) is 0 Å². The van der Waals surface area contributed by atoms with Crippen LogP contribution in [0.1, 0.15) is 28.7 Å². The molecule has 0 radical (unpaired) electrons. The zero-order chi connectivity index (χ0) is 12.4. The third-order valence-corrected chi connectivity index (χ3v) is 2.75. The Morgan fingerprint density at radius 2 is 2.06 bits per heavy atom. The minimum Gasteiger partial charge on any atom is -0.340 e. The summed E-state index contributed by atoms with van der Waals surface area (Å²) < 4.78 is 6.86. The molecule has 0 aliphatic carbocycles. The lowest BCUT2D eigenvalue weighted by atomic mass is 10.2. The monoisotopic (exact) mass is 235 g/mol. The van der Waals surface area contributed by atoms with E-state index in [1.807, 2.05) is 18.7 Å². The fourth-order valence-corrected chi connectivity index (χ4v) is 1.86. The van der Waals surface area contributed by atoms with E-state index in [0.29, 0.717) is 18.3 Å². The largest absolute Gasteiger partial charge is 0.340 e. The average molecular weight is 235 g/mol. The molecule has 0 atom stereocenters. The molecule has 0 unspecified atom stereocenters. The molecule has 0 spiro atoms. The lowest BCUT2D eigenvalue weighted by molar-refractivity contribution is 0.385. The van der Waals surface area contributed by atoms with Gasteiger partial charge in [-0.3, -0.25) is 4.68 Å². The van der Waals surface area contributed by atoms with E-state index in [4.69, 9.17) is 4.52 Å². The summed E-state index contributed by atoms with van der Waals surface area (Å²) in [6, 6.07) is 0. The second-order valence-electron chi connectivity index (χ2n) is 4.07. The van der Waals surface area contributed by atoms with Crippen LogP contribution in [0, 0.1) is 20.8 Å². The highest BCUT2D eigenvalue weighted by Gasteiger charge is 2.12. The average Bonchev–Trinajstić information content (AvgIpc) is 2.79. The molecular formula is C11H17N5O. The predicted molar refractivity (Wildman–Crippen MR) is 62.6 cm³/mol. The molecule has 2 aromatic rings. The van der Waals surface area contributed by atoms with Crippen LogP contribution in [0.4, 0.5) is 0 Å². The first kappa shape index (κ1) is 11.8. The van der Waals surface area contributed by atoms with Crippen LogP contribution in [0.2, 0.25) is 0 Å². The van der Waals surface area contributed by atoms with Crippen molar-refractivity contribution in [3.8, 4) is 0 Å². The maximum absolute atomic E-state index is 4.95. The van der Waals surface area contributed by atoms with E-state index >= 15 is 0 Å². The van der Waals surface area contributed by atoms with E-state index in [-0.39, 0.29) is 0 Å². The molecule has 0 bridgehead atoms. The molecule has 0 saturated carbocycles. The van der Waals surface area contributed by atoms with Crippen molar-refractivity contribution >= 4 is 0 Å². The number of hydrogen-bond acceptors (Lipinski definition) is 5. The molecule has 2 heterocycles. The van der Waals surface area contributed by atoms with Gasteiger partial charge < -0.3 is 9.84 Å². The zero-order valence-corrected chi connectivity index (χ0v) is 10.6. The molecular weight excluding hydrogens is 218 g/mol. The molecule has 0 aliphatic rings. The van der Waals surface area contributed by atoms with Crippen molar-refractivity contribution in [3.05, 3.63) is 28.7 Å². The first-order valence-corrected chi connectivity index (χ1v) is 5.58. The smallest absolute Gasteiger partial charge is 0.223 e. The van der Waals surface area contributed by atoms with E-state index in [2.05, 4.69) is 27.5 Å². The van der Waals surface area contributed by atoms with Gasteiger partial charge in [-0.2, -0.15) is 10.1 Å². The van der Waals surface area contributed by atoms with Gasteiger partial charge in [0.1, 0.15) is 6.54 Å². The van der Waals surface area contributed by atoms with Gasteiger partial charge >= 0.3 is 0 Å². The Hall–Kier alpha value is -1.69. The molecule has 92 valence electrons. The van der Waals surface area contributed by atoms with Crippen LogP contribution >= 0.6 is 0 Å².